The van der Waals surface area contributed by atoms with E-state index in [2.05, 4.69) is 16.1 Å². The second kappa shape index (κ2) is 6.88. The minimum atomic E-state index is -0.898. The van der Waals surface area contributed by atoms with E-state index in [4.69, 9.17) is 15.5 Å². The summed E-state index contributed by atoms with van der Waals surface area (Å²) in [6.07, 6.45) is 1.74. The van der Waals surface area contributed by atoms with Crippen molar-refractivity contribution < 1.29 is 14.2 Å². The van der Waals surface area contributed by atoms with Crippen molar-refractivity contribution in [2.24, 2.45) is 0 Å². The van der Waals surface area contributed by atoms with Gasteiger partial charge in [0.05, 0.1) is 18.1 Å². The van der Waals surface area contributed by atoms with Gasteiger partial charge in [-0.05, 0) is 49.8 Å². The van der Waals surface area contributed by atoms with Gasteiger partial charge in [-0.2, -0.15) is 4.52 Å². The van der Waals surface area contributed by atoms with Crippen molar-refractivity contribution in [3.63, 3.8) is 0 Å². The molecule has 8 heteroatoms. The average molecular weight is 421 g/mol. The number of ether oxygens (including phenoxy) is 1. The van der Waals surface area contributed by atoms with Gasteiger partial charge in [0, 0.05) is 12.0 Å². The number of hydrogen-bond acceptors (Lipinski definition) is 6. The molecule has 7 nitrogen and oxygen atoms in total. The third-order valence-electron chi connectivity index (χ3n) is 6.13. The van der Waals surface area contributed by atoms with E-state index in [1.807, 2.05) is 18.2 Å². The van der Waals surface area contributed by atoms with E-state index >= 15 is 0 Å². The molecule has 3 N–H and O–H groups in total. The summed E-state index contributed by atoms with van der Waals surface area (Å²) < 4.78 is 20.8. The molecule has 0 saturated heterocycles. The standard InChI is InChI=1S/C23H24FN5O2/c1-23(2,30)17-7-5-4-6-15(17)12-8-13(9-12)20-27-21-16-10-14(24)11-18(31-3)19(16)26-22(25)29(21)28-20/h4-7,10-13,30H,8-9H2,1-3H3,(H2,25,26)/t12-,13-. The molecular formula is C23H24FN5O2. The maximum Gasteiger partial charge on any atom is 0.223 e. The fraction of sp³-hybridized carbons (Fsp3) is 0.348. The molecule has 1 fully saturated rings. The molecule has 31 heavy (non-hydrogen) atoms. The van der Waals surface area contributed by atoms with Crippen molar-refractivity contribution in [1.29, 1.82) is 0 Å². The van der Waals surface area contributed by atoms with Crippen LogP contribution in [0.5, 0.6) is 5.75 Å². The lowest BCUT2D eigenvalue weighted by molar-refractivity contribution is 0.0763. The number of aromatic nitrogens is 4. The van der Waals surface area contributed by atoms with Gasteiger partial charge < -0.3 is 15.6 Å². The van der Waals surface area contributed by atoms with Crippen molar-refractivity contribution in [2.75, 3.05) is 12.8 Å². The van der Waals surface area contributed by atoms with E-state index in [0.717, 1.165) is 24.0 Å². The summed E-state index contributed by atoms with van der Waals surface area (Å²) in [7, 11) is 1.46. The Labute approximate surface area is 178 Å². The first kappa shape index (κ1) is 19.7. The highest BCUT2D eigenvalue weighted by molar-refractivity contribution is 5.95. The number of fused-ring (bicyclic) bond motifs is 3. The Balaban J connectivity index is 1.50. The van der Waals surface area contributed by atoms with Crippen LogP contribution < -0.4 is 10.5 Å². The van der Waals surface area contributed by atoms with Crippen LogP contribution in [0.3, 0.4) is 0 Å². The average Bonchev–Trinajstić information content (AvgIpc) is 3.12. The van der Waals surface area contributed by atoms with E-state index in [0.29, 0.717) is 34.0 Å². The van der Waals surface area contributed by atoms with Gasteiger partial charge in [0.25, 0.3) is 0 Å². The maximum absolute atomic E-state index is 14.1. The van der Waals surface area contributed by atoms with Gasteiger partial charge in [-0.25, -0.2) is 14.4 Å². The van der Waals surface area contributed by atoms with Crippen LogP contribution >= 0.6 is 0 Å². The molecule has 1 aliphatic carbocycles. The highest BCUT2D eigenvalue weighted by atomic mass is 19.1. The van der Waals surface area contributed by atoms with Crippen molar-refractivity contribution >= 4 is 22.5 Å². The van der Waals surface area contributed by atoms with E-state index in [9.17, 15) is 9.50 Å². The van der Waals surface area contributed by atoms with Crippen LogP contribution in [0.2, 0.25) is 0 Å². The summed E-state index contributed by atoms with van der Waals surface area (Å²) in [6, 6.07) is 10.7. The molecule has 0 radical (unpaired) electrons. The van der Waals surface area contributed by atoms with Crippen molar-refractivity contribution in [3.05, 3.63) is 59.2 Å². The summed E-state index contributed by atoms with van der Waals surface area (Å²) in [5.41, 5.74) is 8.25. The minimum Gasteiger partial charge on any atom is -0.494 e. The zero-order valence-electron chi connectivity index (χ0n) is 17.6. The van der Waals surface area contributed by atoms with Gasteiger partial charge >= 0.3 is 0 Å². The summed E-state index contributed by atoms with van der Waals surface area (Å²) in [5, 5.41) is 15.6. The molecule has 160 valence electrons. The number of nitrogens with zero attached hydrogens (tertiary/aromatic N) is 4. The van der Waals surface area contributed by atoms with Gasteiger partial charge in [-0.3, -0.25) is 0 Å². The molecule has 0 amide bonds. The zero-order chi connectivity index (χ0) is 21.9. The van der Waals surface area contributed by atoms with Crippen LogP contribution in [0.25, 0.3) is 16.6 Å². The fourth-order valence-electron chi connectivity index (χ4n) is 4.51. The normalized spacial score (nSPS) is 19.0. The van der Waals surface area contributed by atoms with Crippen molar-refractivity contribution in [3.8, 4) is 5.75 Å². The van der Waals surface area contributed by atoms with E-state index in [-0.39, 0.29) is 11.9 Å². The smallest absolute Gasteiger partial charge is 0.223 e. The Morgan fingerprint density at radius 3 is 2.61 bits per heavy atom. The molecule has 0 unspecified atom stereocenters. The molecule has 1 aliphatic rings. The predicted molar refractivity (Wildman–Crippen MR) is 116 cm³/mol. The molecule has 5 rings (SSSR count). The SMILES string of the molecule is COc1cc(F)cc2c1nc(N)n1nc([C@H]3C[C@H](c4ccccc4C(C)(C)O)C3)nc21. The van der Waals surface area contributed by atoms with Gasteiger partial charge in [0.15, 0.2) is 11.5 Å². The van der Waals surface area contributed by atoms with Gasteiger partial charge in [-0.1, -0.05) is 24.3 Å². The number of halogens is 1. The fourth-order valence-corrected chi connectivity index (χ4v) is 4.51. The van der Waals surface area contributed by atoms with Crippen LogP contribution in [-0.2, 0) is 5.60 Å². The lowest BCUT2D eigenvalue weighted by Crippen LogP contribution is -2.26. The Kier molecular flexibility index (Phi) is 4.37. The largest absolute Gasteiger partial charge is 0.494 e. The molecule has 1 saturated carbocycles. The number of anilines is 1. The van der Waals surface area contributed by atoms with Crippen LogP contribution in [0.15, 0.2) is 36.4 Å². The predicted octanol–water partition coefficient (Wildman–Crippen LogP) is 3.90. The monoisotopic (exact) mass is 421 g/mol. The Morgan fingerprint density at radius 2 is 1.90 bits per heavy atom. The quantitative estimate of drug-likeness (QED) is 0.519. The van der Waals surface area contributed by atoms with Crippen LogP contribution in [0.4, 0.5) is 10.3 Å². The molecule has 4 aromatic rings. The Hall–Kier alpha value is -3.26. The first-order valence-corrected chi connectivity index (χ1v) is 10.3. The molecular weight excluding hydrogens is 397 g/mol. The summed E-state index contributed by atoms with van der Waals surface area (Å²) >= 11 is 0. The highest BCUT2D eigenvalue weighted by Gasteiger charge is 2.37. The van der Waals surface area contributed by atoms with Crippen LogP contribution in [0, 0.1) is 5.82 Å². The van der Waals surface area contributed by atoms with E-state index < -0.39 is 11.4 Å². The summed E-state index contributed by atoms with van der Waals surface area (Å²) in [4.78, 5) is 9.05. The molecule has 2 aromatic carbocycles. The first-order chi connectivity index (χ1) is 14.8. The highest BCUT2D eigenvalue weighted by Crippen LogP contribution is 2.48. The Morgan fingerprint density at radius 1 is 1.16 bits per heavy atom. The number of methoxy groups -OCH3 is 1. The van der Waals surface area contributed by atoms with E-state index in [1.54, 1.807) is 13.8 Å². The zero-order valence-corrected chi connectivity index (χ0v) is 17.6. The lowest BCUT2D eigenvalue weighted by atomic mass is 9.69. The number of benzene rings is 2. The summed E-state index contributed by atoms with van der Waals surface area (Å²) in [5.74, 6) is 1.19. The second-order valence-electron chi connectivity index (χ2n) is 8.69. The van der Waals surface area contributed by atoms with E-state index in [1.165, 1.54) is 23.8 Å². The molecule has 0 aliphatic heterocycles. The van der Waals surface area contributed by atoms with Crippen LogP contribution in [0.1, 0.15) is 55.5 Å². The van der Waals surface area contributed by atoms with Gasteiger partial charge in [0.1, 0.15) is 17.1 Å². The maximum atomic E-state index is 14.1. The molecule has 0 atom stereocenters. The number of nitrogens with two attached hydrogens (primary N) is 1. The summed E-state index contributed by atoms with van der Waals surface area (Å²) in [6.45, 7) is 3.61. The number of rotatable bonds is 4. The third-order valence-corrected chi connectivity index (χ3v) is 6.13. The molecule has 0 spiro atoms. The number of nitrogen functional groups attached to an aromatic ring is 1. The number of hydrogen-bond donors (Lipinski definition) is 2. The first-order valence-electron chi connectivity index (χ1n) is 10.3. The Bertz CT molecular complexity index is 1310. The molecule has 0 bridgehead atoms. The van der Waals surface area contributed by atoms with Crippen LogP contribution in [-0.4, -0.2) is 31.8 Å². The minimum absolute atomic E-state index is 0.157. The lowest BCUT2D eigenvalue weighted by Gasteiger charge is -2.36. The van der Waals surface area contributed by atoms with Gasteiger partial charge in [-0.15, -0.1) is 5.10 Å². The molecule has 2 heterocycles. The second-order valence-corrected chi connectivity index (χ2v) is 8.69. The molecule has 2 aromatic heterocycles. The van der Waals surface area contributed by atoms with Crippen molar-refractivity contribution in [2.45, 2.75) is 44.1 Å². The van der Waals surface area contributed by atoms with Gasteiger partial charge in [0.2, 0.25) is 5.95 Å². The third kappa shape index (κ3) is 3.18. The number of aliphatic hydroxyl groups is 1. The topological polar surface area (TPSA) is 98.6 Å². The van der Waals surface area contributed by atoms with Crippen molar-refractivity contribution in [1.82, 2.24) is 19.6 Å².